The first-order valence-corrected chi connectivity index (χ1v) is 7.80. The second-order valence-corrected chi connectivity index (χ2v) is 6.24. The summed E-state index contributed by atoms with van der Waals surface area (Å²) in [4.78, 5) is 13.3. The van der Waals surface area contributed by atoms with E-state index in [9.17, 15) is 0 Å². The maximum absolute atomic E-state index is 5.69. The van der Waals surface area contributed by atoms with Crippen LogP contribution in [0.5, 0.6) is 0 Å². The van der Waals surface area contributed by atoms with E-state index in [0.29, 0.717) is 12.0 Å². The van der Waals surface area contributed by atoms with Gasteiger partial charge in [0.15, 0.2) is 0 Å². The summed E-state index contributed by atoms with van der Waals surface area (Å²) in [5.74, 6) is 1.28. The van der Waals surface area contributed by atoms with Gasteiger partial charge in [0.05, 0.1) is 4.47 Å². The molecule has 6 heteroatoms. The number of likely N-dealkylation sites (tertiary alicyclic amines) is 1. The Balaban J connectivity index is 1.69. The number of hydrogen-bond donors (Lipinski definition) is 1. The Hall–Kier alpha value is -0.880. The van der Waals surface area contributed by atoms with Crippen LogP contribution in [-0.2, 0) is 0 Å². The van der Waals surface area contributed by atoms with Gasteiger partial charge in [-0.3, -0.25) is 4.90 Å². The lowest BCUT2D eigenvalue weighted by molar-refractivity contribution is 0.175. The highest BCUT2D eigenvalue weighted by Crippen LogP contribution is 2.29. The normalized spacial score (nSPS) is 24.9. The molecule has 1 unspecified atom stereocenters. The molecule has 0 saturated carbocycles. The van der Waals surface area contributed by atoms with Gasteiger partial charge in [-0.15, -0.1) is 0 Å². The van der Waals surface area contributed by atoms with Crippen molar-refractivity contribution in [1.82, 2.24) is 14.9 Å². The number of nitrogens with zero attached hydrogens (tertiary/aromatic N) is 4. The van der Waals surface area contributed by atoms with Crippen LogP contribution >= 0.6 is 15.9 Å². The first-order chi connectivity index (χ1) is 9.24. The maximum atomic E-state index is 5.69. The molecule has 0 radical (unpaired) electrons. The van der Waals surface area contributed by atoms with Crippen LogP contribution in [0.15, 0.2) is 10.7 Å². The Morgan fingerprint density at radius 3 is 2.79 bits per heavy atom. The zero-order valence-corrected chi connectivity index (χ0v) is 12.6. The summed E-state index contributed by atoms with van der Waals surface area (Å²) in [5, 5.41) is 0. The molecule has 19 heavy (non-hydrogen) atoms. The zero-order chi connectivity index (χ0) is 13.2. The van der Waals surface area contributed by atoms with Crippen molar-refractivity contribution in [3.63, 3.8) is 0 Å². The van der Waals surface area contributed by atoms with Crippen LogP contribution in [0.3, 0.4) is 0 Å². The zero-order valence-electron chi connectivity index (χ0n) is 11.1. The van der Waals surface area contributed by atoms with E-state index in [0.717, 1.165) is 23.4 Å². The van der Waals surface area contributed by atoms with Gasteiger partial charge in [0.2, 0.25) is 5.95 Å². The van der Waals surface area contributed by atoms with Gasteiger partial charge < -0.3 is 10.6 Å². The Morgan fingerprint density at radius 1 is 1.21 bits per heavy atom. The summed E-state index contributed by atoms with van der Waals surface area (Å²) in [6.45, 7) is 4.61. The molecular weight excluding hydrogens is 306 g/mol. The lowest BCUT2D eigenvalue weighted by Crippen LogP contribution is -2.41. The molecule has 3 rings (SSSR count). The topological polar surface area (TPSA) is 58.3 Å². The lowest BCUT2D eigenvalue weighted by Gasteiger charge is -2.32. The van der Waals surface area contributed by atoms with Crippen molar-refractivity contribution in [3.05, 3.63) is 10.7 Å². The molecule has 2 N–H and O–H groups in total. The van der Waals surface area contributed by atoms with Gasteiger partial charge in [0.1, 0.15) is 5.82 Å². The molecule has 0 bridgehead atoms. The Labute approximate surface area is 122 Å². The van der Waals surface area contributed by atoms with E-state index >= 15 is 0 Å². The first-order valence-electron chi connectivity index (χ1n) is 7.01. The Bertz CT molecular complexity index is 447. The van der Waals surface area contributed by atoms with Crippen molar-refractivity contribution < 1.29 is 0 Å². The minimum Gasteiger partial charge on any atom is -0.368 e. The monoisotopic (exact) mass is 325 g/mol. The fourth-order valence-electron chi connectivity index (χ4n) is 3.11. The smallest absolute Gasteiger partial charge is 0.222 e. The SMILES string of the molecule is Nc1ncc(Br)c(N2CCC(N3CCCCC3)C2)n1. The van der Waals surface area contributed by atoms with Gasteiger partial charge >= 0.3 is 0 Å². The number of nitrogen functional groups attached to an aromatic ring is 1. The molecule has 3 heterocycles. The van der Waals surface area contributed by atoms with E-state index in [4.69, 9.17) is 5.73 Å². The number of rotatable bonds is 2. The number of nitrogens with two attached hydrogens (primary N) is 1. The molecule has 2 saturated heterocycles. The lowest BCUT2D eigenvalue weighted by atomic mass is 10.1. The van der Waals surface area contributed by atoms with E-state index in [1.807, 2.05) is 0 Å². The van der Waals surface area contributed by atoms with Crippen LogP contribution in [0.25, 0.3) is 0 Å². The van der Waals surface area contributed by atoms with Gasteiger partial charge in [0, 0.05) is 25.3 Å². The van der Waals surface area contributed by atoms with Crippen LogP contribution in [0.4, 0.5) is 11.8 Å². The molecule has 1 aromatic rings. The molecule has 2 aliphatic rings. The van der Waals surface area contributed by atoms with Crippen molar-refractivity contribution in [3.8, 4) is 0 Å². The van der Waals surface area contributed by atoms with E-state index in [2.05, 4.69) is 35.7 Å². The van der Waals surface area contributed by atoms with Crippen LogP contribution in [0.1, 0.15) is 25.7 Å². The van der Waals surface area contributed by atoms with Crippen LogP contribution in [-0.4, -0.2) is 47.1 Å². The number of halogens is 1. The quantitative estimate of drug-likeness (QED) is 0.899. The fraction of sp³-hybridized carbons (Fsp3) is 0.692. The van der Waals surface area contributed by atoms with Gasteiger partial charge in [-0.1, -0.05) is 6.42 Å². The Morgan fingerprint density at radius 2 is 2.00 bits per heavy atom. The summed E-state index contributed by atoms with van der Waals surface area (Å²) < 4.78 is 0.931. The van der Waals surface area contributed by atoms with E-state index in [1.54, 1.807) is 6.20 Å². The van der Waals surface area contributed by atoms with Gasteiger partial charge in [-0.05, 0) is 48.3 Å². The molecule has 2 fully saturated rings. The van der Waals surface area contributed by atoms with Crippen molar-refractivity contribution in [2.24, 2.45) is 0 Å². The van der Waals surface area contributed by atoms with E-state index in [1.165, 1.54) is 38.8 Å². The van der Waals surface area contributed by atoms with Gasteiger partial charge in [-0.25, -0.2) is 4.98 Å². The van der Waals surface area contributed by atoms with E-state index < -0.39 is 0 Å². The maximum Gasteiger partial charge on any atom is 0.222 e. The molecule has 1 atom stereocenters. The van der Waals surface area contributed by atoms with Crippen LogP contribution < -0.4 is 10.6 Å². The third-order valence-electron chi connectivity index (χ3n) is 4.11. The third kappa shape index (κ3) is 2.84. The summed E-state index contributed by atoms with van der Waals surface area (Å²) in [7, 11) is 0. The first kappa shape index (κ1) is 13.1. The van der Waals surface area contributed by atoms with Crippen molar-refractivity contribution >= 4 is 27.7 Å². The molecule has 2 aliphatic heterocycles. The number of piperidine rings is 1. The molecule has 104 valence electrons. The molecular formula is C13H20BrN5. The standard InChI is InChI=1S/C13H20BrN5/c14-11-8-16-13(15)17-12(11)19-7-4-10(9-19)18-5-2-1-3-6-18/h8,10H,1-7,9H2,(H2,15,16,17). The summed E-state index contributed by atoms with van der Waals surface area (Å²) >= 11 is 3.52. The van der Waals surface area contributed by atoms with Gasteiger partial charge in [0.25, 0.3) is 0 Å². The number of hydrogen-bond acceptors (Lipinski definition) is 5. The highest BCUT2D eigenvalue weighted by molar-refractivity contribution is 9.10. The van der Waals surface area contributed by atoms with Crippen molar-refractivity contribution in [2.45, 2.75) is 31.7 Å². The minimum absolute atomic E-state index is 0.347. The highest BCUT2D eigenvalue weighted by atomic mass is 79.9. The second kappa shape index (κ2) is 5.63. The van der Waals surface area contributed by atoms with Crippen LogP contribution in [0.2, 0.25) is 0 Å². The molecule has 5 nitrogen and oxygen atoms in total. The fourth-order valence-corrected chi connectivity index (χ4v) is 3.55. The largest absolute Gasteiger partial charge is 0.368 e. The molecule has 0 amide bonds. The molecule has 0 aliphatic carbocycles. The number of anilines is 2. The highest BCUT2D eigenvalue weighted by Gasteiger charge is 2.30. The average molecular weight is 326 g/mol. The average Bonchev–Trinajstić information content (AvgIpc) is 2.92. The predicted molar refractivity (Wildman–Crippen MR) is 80.2 cm³/mol. The molecule has 0 aromatic carbocycles. The Kier molecular flexibility index (Phi) is 3.88. The summed E-state index contributed by atoms with van der Waals surface area (Å²) in [6, 6.07) is 0.670. The van der Waals surface area contributed by atoms with Crippen molar-refractivity contribution in [2.75, 3.05) is 36.8 Å². The molecule has 0 spiro atoms. The summed E-state index contributed by atoms with van der Waals surface area (Å²) in [6.07, 6.45) is 7.05. The van der Waals surface area contributed by atoms with Crippen molar-refractivity contribution in [1.29, 1.82) is 0 Å². The minimum atomic E-state index is 0.347. The molecule has 1 aromatic heterocycles. The predicted octanol–water partition coefficient (Wildman–Crippen LogP) is 1.89. The third-order valence-corrected chi connectivity index (χ3v) is 4.67. The van der Waals surface area contributed by atoms with Crippen LogP contribution in [0, 0.1) is 0 Å². The van der Waals surface area contributed by atoms with E-state index in [-0.39, 0.29) is 0 Å². The summed E-state index contributed by atoms with van der Waals surface area (Å²) in [5.41, 5.74) is 5.69. The number of aromatic nitrogens is 2. The second-order valence-electron chi connectivity index (χ2n) is 5.38. The van der Waals surface area contributed by atoms with Gasteiger partial charge in [-0.2, -0.15) is 4.98 Å².